The molecular weight excluding hydrogens is 418 g/mol. The number of H-pyrrole nitrogens is 1. The number of piperazine rings is 1. The van der Waals surface area contributed by atoms with Gasteiger partial charge in [-0.3, -0.25) is 9.69 Å². The molecule has 0 bridgehead atoms. The van der Waals surface area contributed by atoms with Gasteiger partial charge in [0.05, 0.1) is 18.2 Å². The number of aromatic nitrogens is 5. The average molecular weight is 452 g/mol. The number of aromatic amines is 1. The van der Waals surface area contributed by atoms with Crippen LogP contribution in [0.4, 0.5) is 0 Å². The monoisotopic (exact) mass is 451 g/mol. The summed E-state index contributed by atoms with van der Waals surface area (Å²) in [5.74, 6) is 0.712. The summed E-state index contributed by atoms with van der Waals surface area (Å²) in [6, 6.07) is 5.91. The van der Waals surface area contributed by atoms with Crippen molar-refractivity contribution in [1.82, 2.24) is 35.0 Å². The second-order valence-corrected chi connectivity index (χ2v) is 9.25. The third-order valence-corrected chi connectivity index (χ3v) is 7.30. The lowest BCUT2D eigenvalue weighted by Gasteiger charge is -2.38. The Morgan fingerprint density at radius 2 is 2.03 bits per heavy atom. The average Bonchev–Trinajstić information content (AvgIpc) is 3.51. The zero-order valence-electron chi connectivity index (χ0n) is 19.8. The molecule has 2 atom stereocenters. The van der Waals surface area contributed by atoms with Crippen molar-refractivity contribution in [2.75, 3.05) is 39.3 Å². The molecule has 2 aromatic heterocycles. The third-order valence-electron chi connectivity index (χ3n) is 7.30. The molecule has 1 aromatic carbocycles. The van der Waals surface area contributed by atoms with Crippen molar-refractivity contribution in [3.8, 4) is 0 Å². The van der Waals surface area contributed by atoms with Gasteiger partial charge in [-0.25, -0.2) is 4.68 Å². The van der Waals surface area contributed by atoms with Crippen molar-refractivity contribution in [3.05, 3.63) is 51.1 Å². The van der Waals surface area contributed by atoms with E-state index in [1.165, 1.54) is 5.56 Å². The second-order valence-electron chi connectivity index (χ2n) is 9.25. The summed E-state index contributed by atoms with van der Waals surface area (Å²) < 4.78 is 7.69. The Balaban J connectivity index is 1.58. The number of rotatable bonds is 6. The van der Waals surface area contributed by atoms with Gasteiger partial charge in [-0.1, -0.05) is 19.1 Å². The zero-order chi connectivity index (χ0) is 22.9. The molecule has 0 spiro atoms. The number of fused-ring (bicyclic) bond motifs is 1. The number of ether oxygens (including phenoxy) is 1. The van der Waals surface area contributed by atoms with Crippen LogP contribution in [0.3, 0.4) is 0 Å². The van der Waals surface area contributed by atoms with Crippen molar-refractivity contribution in [3.63, 3.8) is 0 Å². The van der Waals surface area contributed by atoms with Gasteiger partial charge >= 0.3 is 0 Å². The summed E-state index contributed by atoms with van der Waals surface area (Å²) in [7, 11) is 0. The maximum absolute atomic E-state index is 13.5. The molecule has 0 aliphatic carbocycles. The smallest absolute Gasteiger partial charge is 0.253 e. The molecule has 2 saturated heterocycles. The van der Waals surface area contributed by atoms with Crippen molar-refractivity contribution in [2.45, 2.75) is 52.3 Å². The quantitative estimate of drug-likeness (QED) is 0.613. The van der Waals surface area contributed by atoms with Crippen LogP contribution in [0.25, 0.3) is 10.9 Å². The van der Waals surface area contributed by atoms with Gasteiger partial charge in [0.25, 0.3) is 5.56 Å². The molecule has 3 aromatic rings. The molecule has 0 radical (unpaired) electrons. The van der Waals surface area contributed by atoms with Crippen LogP contribution in [-0.4, -0.2) is 80.4 Å². The number of benzene rings is 1. The fraction of sp³-hybridized carbons (Fsp3) is 0.583. The third kappa shape index (κ3) is 4.32. The van der Waals surface area contributed by atoms with E-state index in [0.29, 0.717) is 17.9 Å². The number of nitrogens with one attached hydrogen (secondary N) is 1. The minimum atomic E-state index is -0.310. The molecule has 2 unspecified atom stereocenters. The number of aryl methyl sites for hydroxylation is 2. The van der Waals surface area contributed by atoms with Gasteiger partial charge in [-0.2, -0.15) is 0 Å². The molecule has 176 valence electrons. The maximum Gasteiger partial charge on any atom is 0.253 e. The van der Waals surface area contributed by atoms with Gasteiger partial charge in [0.2, 0.25) is 0 Å². The number of nitrogens with zero attached hydrogens (tertiary/aromatic N) is 6. The molecular formula is C24H33N7O2. The van der Waals surface area contributed by atoms with E-state index in [4.69, 9.17) is 4.74 Å². The highest BCUT2D eigenvalue weighted by molar-refractivity contribution is 5.83. The second kappa shape index (κ2) is 9.32. The fourth-order valence-electron chi connectivity index (χ4n) is 5.10. The molecule has 9 nitrogen and oxygen atoms in total. The van der Waals surface area contributed by atoms with Gasteiger partial charge in [-0.05, 0) is 66.2 Å². The Bertz CT molecular complexity index is 1170. The largest absolute Gasteiger partial charge is 0.376 e. The van der Waals surface area contributed by atoms with Crippen LogP contribution in [0, 0.1) is 13.8 Å². The number of hydrogen-bond donors (Lipinski definition) is 1. The molecule has 1 N–H and O–H groups in total. The molecule has 2 aliphatic rings. The molecule has 2 aliphatic heterocycles. The van der Waals surface area contributed by atoms with E-state index < -0.39 is 0 Å². The number of hydrogen-bond acceptors (Lipinski definition) is 7. The highest BCUT2D eigenvalue weighted by Crippen LogP contribution is 2.29. The first kappa shape index (κ1) is 22.2. The van der Waals surface area contributed by atoms with Gasteiger partial charge in [0, 0.05) is 38.3 Å². The maximum atomic E-state index is 13.5. The predicted octanol–water partition coefficient (Wildman–Crippen LogP) is 2.04. The fourth-order valence-corrected chi connectivity index (χ4v) is 5.10. The lowest BCUT2D eigenvalue weighted by Crippen LogP contribution is -2.49. The van der Waals surface area contributed by atoms with Crippen LogP contribution in [0.2, 0.25) is 0 Å². The Kier molecular flexibility index (Phi) is 6.27. The van der Waals surface area contributed by atoms with Crippen molar-refractivity contribution >= 4 is 10.9 Å². The van der Waals surface area contributed by atoms with Crippen LogP contribution in [0.5, 0.6) is 0 Å². The minimum absolute atomic E-state index is 0.0780. The predicted molar refractivity (Wildman–Crippen MR) is 126 cm³/mol. The molecule has 0 saturated carbocycles. The van der Waals surface area contributed by atoms with Crippen LogP contribution in [0.1, 0.15) is 48.3 Å². The number of likely N-dealkylation sites (N-methyl/N-ethyl adjacent to an activating group) is 1. The van der Waals surface area contributed by atoms with E-state index in [9.17, 15) is 4.79 Å². The molecule has 33 heavy (non-hydrogen) atoms. The lowest BCUT2D eigenvalue weighted by molar-refractivity contribution is 0.0860. The topological polar surface area (TPSA) is 92.2 Å². The normalized spacial score (nSPS) is 21.1. The summed E-state index contributed by atoms with van der Waals surface area (Å²) in [4.78, 5) is 21.4. The molecule has 4 heterocycles. The van der Waals surface area contributed by atoms with Crippen LogP contribution < -0.4 is 5.56 Å². The summed E-state index contributed by atoms with van der Waals surface area (Å²) >= 11 is 0. The SMILES string of the molecule is CCN1CCN(C(c2cc3ccc(C)c(C)c3[nH]c2=O)c2nnnn2CC2CCCO2)CC1. The van der Waals surface area contributed by atoms with Gasteiger partial charge < -0.3 is 14.6 Å². The van der Waals surface area contributed by atoms with E-state index >= 15 is 0 Å². The molecule has 5 rings (SSSR count). The van der Waals surface area contributed by atoms with Crippen LogP contribution in [-0.2, 0) is 11.3 Å². The summed E-state index contributed by atoms with van der Waals surface area (Å²) in [6.45, 7) is 12.4. The summed E-state index contributed by atoms with van der Waals surface area (Å²) in [5, 5.41) is 13.8. The zero-order valence-corrected chi connectivity index (χ0v) is 19.8. The first-order valence-electron chi connectivity index (χ1n) is 12.0. The van der Waals surface area contributed by atoms with Gasteiger partial charge in [0.15, 0.2) is 5.82 Å². The van der Waals surface area contributed by atoms with Crippen molar-refractivity contribution < 1.29 is 4.74 Å². The van der Waals surface area contributed by atoms with E-state index in [-0.39, 0.29) is 17.7 Å². The molecule has 9 heteroatoms. The minimum Gasteiger partial charge on any atom is -0.376 e. The first-order valence-corrected chi connectivity index (χ1v) is 12.0. The van der Waals surface area contributed by atoms with E-state index in [1.807, 2.05) is 10.7 Å². The summed E-state index contributed by atoms with van der Waals surface area (Å²) in [5.41, 5.74) is 3.79. The standard InChI is InChI=1S/C24H33N7O2/c1-4-29-9-11-30(12-10-29)22(23-26-27-28-31(23)15-19-6-5-13-33-19)20-14-18-8-7-16(2)17(3)21(18)25-24(20)32/h7-8,14,19,22H,4-6,9-13,15H2,1-3H3,(H,25,32). The Hall–Kier alpha value is -2.62. The van der Waals surface area contributed by atoms with Crippen LogP contribution in [0.15, 0.2) is 23.0 Å². The highest BCUT2D eigenvalue weighted by atomic mass is 16.5. The van der Waals surface area contributed by atoms with E-state index in [0.717, 1.165) is 68.6 Å². The van der Waals surface area contributed by atoms with Crippen molar-refractivity contribution in [2.24, 2.45) is 0 Å². The van der Waals surface area contributed by atoms with Gasteiger partial charge in [0.1, 0.15) is 6.04 Å². The molecule has 0 amide bonds. The molecule has 2 fully saturated rings. The van der Waals surface area contributed by atoms with Gasteiger partial charge in [-0.15, -0.1) is 5.10 Å². The Morgan fingerprint density at radius 1 is 1.21 bits per heavy atom. The Labute approximate surface area is 193 Å². The summed E-state index contributed by atoms with van der Waals surface area (Å²) in [6.07, 6.45) is 2.19. The number of pyridine rings is 1. The number of tetrazole rings is 1. The highest BCUT2D eigenvalue weighted by Gasteiger charge is 2.33. The lowest BCUT2D eigenvalue weighted by atomic mass is 9.99. The van der Waals surface area contributed by atoms with E-state index in [1.54, 1.807) is 0 Å². The first-order chi connectivity index (χ1) is 16.0. The van der Waals surface area contributed by atoms with E-state index in [2.05, 4.69) is 63.2 Å². The van der Waals surface area contributed by atoms with Crippen molar-refractivity contribution in [1.29, 1.82) is 0 Å². The van der Waals surface area contributed by atoms with Crippen LogP contribution >= 0.6 is 0 Å². The Morgan fingerprint density at radius 3 is 2.76 bits per heavy atom.